The molecule has 1 rings (SSSR count). The fourth-order valence-corrected chi connectivity index (χ4v) is 2.23. The van der Waals surface area contributed by atoms with Gasteiger partial charge in [-0.3, -0.25) is 9.59 Å². The summed E-state index contributed by atoms with van der Waals surface area (Å²) < 4.78 is 0.931. The molecule has 5 heteroatoms. The van der Waals surface area contributed by atoms with E-state index in [-0.39, 0.29) is 5.92 Å². The van der Waals surface area contributed by atoms with Gasteiger partial charge in [-0.1, -0.05) is 35.8 Å². The van der Waals surface area contributed by atoms with E-state index in [9.17, 15) is 9.59 Å². The molecule has 0 aromatic heterocycles. The summed E-state index contributed by atoms with van der Waals surface area (Å²) in [6.07, 6.45) is 0. The highest BCUT2D eigenvalue weighted by Crippen LogP contribution is 2.16. The molecule has 1 atom stereocenters. The van der Waals surface area contributed by atoms with Gasteiger partial charge in [0.25, 0.3) is 0 Å². The van der Waals surface area contributed by atoms with E-state index < -0.39 is 17.8 Å². The highest BCUT2D eigenvalue weighted by molar-refractivity contribution is 9.10. The second-order valence-corrected chi connectivity index (χ2v) is 5.76. The molecule has 0 aliphatic rings. The number of aryl methyl sites for hydroxylation is 1. The van der Waals surface area contributed by atoms with Crippen molar-refractivity contribution in [2.24, 2.45) is 11.8 Å². The first-order valence-corrected chi connectivity index (χ1v) is 6.87. The zero-order valence-corrected chi connectivity index (χ0v) is 12.8. The van der Waals surface area contributed by atoms with Crippen LogP contribution in [0.25, 0.3) is 0 Å². The minimum atomic E-state index is -1.08. The van der Waals surface area contributed by atoms with Crippen molar-refractivity contribution in [3.8, 4) is 0 Å². The average Bonchev–Trinajstić information content (AvgIpc) is 2.29. The number of benzene rings is 1. The second-order valence-electron chi connectivity index (χ2n) is 4.85. The maximum absolute atomic E-state index is 11.9. The minimum absolute atomic E-state index is 0.235. The van der Waals surface area contributed by atoms with Crippen LogP contribution in [0, 0.1) is 18.8 Å². The first-order valence-electron chi connectivity index (χ1n) is 6.08. The summed E-state index contributed by atoms with van der Waals surface area (Å²) in [5.74, 6) is -2.77. The first-order chi connectivity index (χ1) is 8.82. The van der Waals surface area contributed by atoms with Gasteiger partial charge >= 0.3 is 5.97 Å². The van der Waals surface area contributed by atoms with Crippen molar-refractivity contribution in [1.82, 2.24) is 5.32 Å². The van der Waals surface area contributed by atoms with Gasteiger partial charge in [-0.2, -0.15) is 0 Å². The van der Waals surface area contributed by atoms with Crippen LogP contribution < -0.4 is 5.32 Å². The Bertz CT molecular complexity index is 486. The third-order valence-electron chi connectivity index (χ3n) is 2.98. The van der Waals surface area contributed by atoms with Gasteiger partial charge in [-0.25, -0.2) is 0 Å². The molecule has 2 N–H and O–H groups in total. The molecular weight excluding hydrogens is 310 g/mol. The summed E-state index contributed by atoms with van der Waals surface area (Å²) in [4.78, 5) is 22.9. The van der Waals surface area contributed by atoms with Gasteiger partial charge in [0.05, 0.1) is 0 Å². The molecule has 1 aromatic carbocycles. The lowest BCUT2D eigenvalue weighted by molar-refractivity contribution is -0.148. The molecule has 0 radical (unpaired) electrons. The van der Waals surface area contributed by atoms with Crippen LogP contribution in [0.3, 0.4) is 0 Å². The Hall–Kier alpha value is -1.36. The summed E-state index contributed by atoms with van der Waals surface area (Å²) in [6, 6.07) is 5.79. The van der Waals surface area contributed by atoms with E-state index in [1.807, 2.05) is 25.1 Å². The van der Waals surface area contributed by atoms with Gasteiger partial charge in [0.15, 0.2) is 0 Å². The first kappa shape index (κ1) is 15.7. The number of carboxylic acid groups (broad SMARTS) is 1. The quantitative estimate of drug-likeness (QED) is 0.817. The van der Waals surface area contributed by atoms with Crippen molar-refractivity contribution >= 4 is 27.8 Å². The Labute approximate surface area is 121 Å². The van der Waals surface area contributed by atoms with Gasteiger partial charge < -0.3 is 10.4 Å². The van der Waals surface area contributed by atoms with E-state index in [2.05, 4.69) is 21.2 Å². The molecule has 0 aliphatic carbocycles. The number of halogens is 1. The summed E-state index contributed by atoms with van der Waals surface area (Å²) in [7, 11) is 0. The van der Waals surface area contributed by atoms with Gasteiger partial charge in [0, 0.05) is 11.0 Å². The molecule has 104 valence electrons. The van der Waals surface area contributed by atoms with Crippen LogP contribution in [0.15, 0.2) is 22.7 Å². The number of nitrogens with one attached hydrogen (secondary N) is 1. The molecule has 1 amide bonds. The smallest absolute Gasteiger partial charge is 0.316 e. The van der Waals surface area contributed by atoms with Crippen molar-refractivity contribution in [3.05, 3.63) is 33.8 Å². The highest BCUT2D eigenvalue weighted by atomic mass is 79.9. The molecule has 0 heterocycles. The van der Waals surface area contributed by atoms with Gasteiger partial charge in [-0.05, 0) is 36.1 Å². The Kier molecular flexibility index (Phi) is 5.54. The maximum atomic E-state index is 11.9. The number of carbonyl (C=O) groups excluding carboxylic acids is 1. The van der Waals surface area contributed by atoms with Gasteiger partial charge in [-0.15, -0.1) is 0 Å². The van der Waals surface area contributed by atoms with Crippen LogP contribution in [-0.2, 0) is 16.1 Å². The Morgan fingerprint density at radius 3 is 2.53 bits per heavy atom. The van der Waals surface area contributed by atoms with Crippen LogP contribution in [0.2, 0.25) is 0 Å². The number of hydrogen-bond donors (Lipinski definition) is 2. The number of rotatable bonds is 5. The Morgan fingerprint density at radius 1 is 1.37 bits per heavy atom. The van der Waals surface area contributed by atoms with Gasteiger partial charge in [0.1, 0.15) is 5.92 Å². The average molecular weight is 328 g/mol. The van der Waals surface area contributed by atoms with Crippen LogP contribution in [-0.4, -0.2) is 17.0 Å². The number of aliphatic carboxylic acids is 1. The van der Waals surface area contributed by atoms with E-state index in [0.717, 1.165) is 15.6 Å². The summed E-state index contributed by atoms with van der Waals surface area (Å²) in [6.45, 7) is 5.73. The van der Waals surface area contributed by atoms with E-state index >= 15 is 0 Å². The zero-order chi connectivity index (χ0) is 14.6. The normalized spacial score (nSPS) is 12.3. The van der Waals surface area contributed by atoms with E-state index in [1.165, 1.54) is 0 Å². The van der Waals surface area contributed by atoms with Crippen molar-refractivity contribution in [2.45, 2.75) is 27.3 Å². The fraction of sp³-hybridized carbons (Fsp3) is 0.429. The predicted molar refractivity (Wildman–Crippen MR) is 76.7 cm³/mol. The molecule has 0 aliphatic heterocycles. The lowest BCUT2D eigenvalue weighted by atomic mass is 9.95. The summed E-state index contributed by atoms with van der Waals surface area (Å²) in [5.41, 5.74) is 2.02. The number of carbonyl (C=O) groups is 2. The largest absolute Gasteiger partial charge is 0.481 e. The molecule has 4 nitrogen and oxygen atoms in total. The second kappa shape index (κ2) is 6.70. The predicted octanol–water partition coefficient (Wildman–Crippen LogP) is 2.73. The molecule has 0 spiro atoms. The van der Waals surface area contributed by atoms with Crippen molar-refractivity contribution < 1.29 is 14.7 Å². The van der Waals surface area contributed by atoms with E-state index in [0.29, 0.717) is 6.54 Å². The zero-order valence-electron chi connectivity index (χ0n) is 11.2. The van der Waals surface area contributed by atoms with Gasteiger partial charge in [0.2, 0.25) is 5.91 Å². The molecule has 0 saturated carbocycles. The summed E-state index contributed by atoms with van der Waals surface area (Å²) >= 11 is 3.37. The fourth-order valence-electron chi connectivity index (χ4n) is 1.82. The van der Waals surface area contributed by atoms with E-state index in [1.54, 1.807) is 13.8 Å². The molecule has 0 fully saturated rings. The van der Waals surface area contributed by atoms with Crippen molar-refractivity contribution in [1.29, 1.82) is 0 Å². The van der Waals surface area contributed by atoms with Crippen LogP contribution in [0.1, 0.15) is 25.0 Å². The lowest BCUT2D eigenvalue weighted by Crippen LogP contribution is -2.38. The SMILES string of the molecule is Cc1ccc(Br)cc1CNC(=O)C(C(=O)O)C(C)C. The maximum Gasteiger partial charge on any atom is 0.316 e. The standard InChI is InChI=1S/C14H18BrNO3/c1-8(2)12(14(18)19)13(17)16-7-10-6-11(15)5-4-9(10)3/h4-6,8,12H,7H2,1-3H3,(H,16,17)(H,18,19). The minimum Gasteiger partial charge on any atom is -0.481 e. The number of carboxylic acids is 1. The van der Waals surface area contributed by atoms with Crippen LogP contribution in [0.4, 0.5) is 0 Å². The molecule has 1 aromatic rings. The van der Waals surface area contributed by atoms with Crippen LogP contribution >= 0.6 is 15.9 Å². The lowest BCUT2D eigenvalue weighted by Gasteiger charge is -2.16. The van der Waals surface area contributed by atoms with Crippen molar-refractivity contribution in [3.63, 3.8) is 0 Å². The molecule has 19 heavy (non-hydrogen) atoms. The molecular formula is C14H18BrNO3. The topological polar surface area (TPSA) is 66.4 Å². The number of amides is 1. The molecule has 0 saturated heterocycles. The summed E-state index contributed by atoms with van der Waals surface area (Å²) in [5, 5.41) is 11.7. The Balaban J connectivity index is 2.73. The third-order valence-corrected chi connectivity index (χ3v) is 3.47. The molecule has 1 unspecified atom stereocenters. The molecule has 0 bridgehead atoms. The highest BCUT2D eigenvalue weighted by Gasteiger charge is 2.29. The van der Waals surface area contributed by atoms with Crippen LogP contribution in [0.5, 0.6) is 0 Å². The third kappa shape index (κ3) is 4.35. The Morgan fingerprint density at radius 2 is 2.00 bits per heavy atom. The van der Waals surface area contributed by atoms with E-state index in [4.69, 9.17) is 5.11 Å². The van der Waals surface area contributed by atoms with Crippen molar-refractivity contribution in [2.75, 3.05) is 0 Å². The monoisotopic (exact) mass is 327 g/mol. The number of hydrogen-bond acceptors (Lipinski definition) is 2.